The van der Waals surface area contributed by atoms with E-state index in [4.69, 9.17) is 0 Å². The molecule has 0 saturated carbocycles. The van der Waals surface area contributed by atoms with E-state index in [1.54, 1.807) is 12.1 Å². The van der Waals surface area contributed by atoms with Crippen LogP contribution in [0.1, 0.15) is 25.0 Å². The molecule has 0 saturated heterocycles. The van der Waals surface area contributed by atoms with Gasteiger partial charge in [0.1, 0.15) is 0 Å². The summed E-state index contributed by atoms with van der Waals surface area (Å²) in [6, 6.07) is 15.2. The highest BCUT2D eigenvalue weighted by Gasteiger charge is 2.30. The number of nitrogens with zero attached hydrogens (tertiary/aromatic N) is 1. The zero-order valence-corrected chi connectivity index (χ0v) is 14.1. The third kappa shape index (κ3) is 3.99. The summed E-state index contributed by atoms with van der Waals surface area (Å²) in [5.74, 6) is 0. The normalized spacial score (nSPS) is 12.1. The number of aromatic nitrogens is 1. The fourth-order valence-electron chi connectivity index (χ4n) is 2.68. The number of rotatable bonds is 4. The second-order valence-electron chi connectivity index (χ2n) is 6.30. The summed E-state index contributed by atoms with van der Waals surface area (Å²) < 4.78 is 38.8. The van der Waals surface area contributed by atoms with E-state index in [2.05, 4.69) is 24.1 Å². The minimum Gasteiger partial charge on any atom is -0.310 e. The van der Waals surface area contributed by atoms with E-state index in [1.807, 2.05) is 24.3 Å². The fourth-order valence-corrected chi connectivity index (χ4v) is 2.68. The molecule has 0 spiro atoms. The minimum absolute atomic E-state index is 0.335. The summed E-state index contributed by atoms with van der Waals surface area (Å²) in [5.41, 5.74) is 2.17. The van der Waals surface area contributed by atoms with Crippen LogP contribution in [0.15, 0.2) is 54.6 Å². The quantitative estimate of drug-likeness (QED) is 0.684. The largest absolute Gasteiger partial charge is 0.416 e. The third-order valence-corrected chi connectivity index (χ3v) is 3.99. The number of pyridine rings is 1. The SMILES string of the molecule is CC(C)NCc1cccc2ccc(-c3cccc(C(F)(F)F)c3)nc12. The number of benzene rings is 2. The molecule has 0 aliphatic rings. The van der Waals surface area contributed by atoms with Crippen molar-refractivity contribution >= 4 is 10.9 Å². The van der Waals surface area contributed by atoms with Crippen LogP contribution < -0.4 is 5.32 Å². The monoisotopic (exact) mass is 344 g/mol. The van der Waals surface area contributed by atoms with Crippen LogP contribution in [0.3, 0.4) is 0 Å². The summed E-state index contributed by atoms with van der Waals surface area (Å²) >= 11 is 0. The molecule has 0 unspecified atom stereocenters. The first-order valence-corrected chi connectivity index (χ1v) is 8.14. The van der Waals surface area contributed by atoms with E-state index in [0.717, 1.165) is 28.6 Å². The molecule has 0 aliphatic carbocycles. The van der Waals surface area contributed by atoms with Gasteiger partial charge >= 0.3 is 6.18 Å². The van der Waals surface area contributed by atoms with Crippen molar-refractivity contribution in [3.8, 4) is 11.3 Å². The fraction of sp³-hybridized carbons (Fsp3) is 0.250. The third-order valence-electron chi connectivity index (χ3n) is 3.99. The maximum absolute atomic E-state index is 12.9. The van der Waals surface area contributed by atoms with E-state index < -0.39 is 11.7 Å². The van der Waals surface area contributed by atoms with Gasteiger partial charge in [-0.2, -0.15) is 13.2 Å². The number of halogens is 3. The molecular weight excluding hydrogens is 325 g/mol. The topological polar surface area (TPSA) is 24.9 Å². The van der Waals surface area contributed by atoms with Gasteiger partial charge in [0.2, 0.25) is 0 Å². The van der Waals surface area contributed by atoms with Gasteiger partial charge in [0.05, 0.1) is 16.8 Å². The Kier molecular flexibility index (Phi) is 4.77. The van der Waals surface area contributed by atoms with Gasteiger partial charge in [0.15, 0.2) is 0 Å². The Morgan fingerprint density at radius 3 is 2.48 bits per heavy atom. The molecule has 3 aromatic rings. The molecule has 0 amide bonds. The molecule has 1 heterocycles. The van der Waals surface area contributed by atoms with Crippen molar-refractivity contribution in [3.63, 3.8) is 0 Å². The average molecular weight is 344 g/mol. The molecule has 0 radical (unpaired) electrons. The van der Waals surface area contributed by atoms with Gasteiger partial charge < -0.3 is 5.32 Å². The molecule has 3 rings (SSSR count). The summed E-state index contributed by atoms with van der Waals surface area (Å²) in [6.07, 6.45) is -4.36. The lowest BCUT2D eigenvalue weighted by Crippen LogP contribution is -2.22. The molecular formula is C20H19F3N2. The first-order valence-electron chi connectivity index (χ1n) is 8.14. The zero-order chi connectivity index (χ0) is 18.0. The van der Waals surface area contributed by atoms with Crippen LogP contribution in [0.5, 0.6) is 0 Å². The van der Waals surface area contributed by atoms with Gasteiger partial charge in [0.25, 0.3) is 0 Å². The van der Waals surface area contributed by atoms with Crippen LogP contribution in [0, 0.1) is 0 Å². The van der Waals surface area contributed by atoms with Gasteiger partial charge in [-0.25, -0.2) is 4.98 Å². The highest BCUT2D eigenvalue weighted by molar-refractivity contribution is 5.84. The van der Waals surface area contributed by atoms with Crippen LogP contribution in [0.4, 0.5) is 13.2 Å². The van der Waals surface area contributed by atoms with Crippen LogP contribution in [-0.4, -0.2) is 11.0 Å². The van der Waals surface area contributed by atoms with E-state index in [1.165, 1.54) is 6.07 Å². The van der Waals surface area contributed by atoms with Crippen LogP contribution in [-0.2, 0) is 12.7 Å². The lowest BCUT2D eigenvalue weighted by Gasteiger charge is -2.12. The Bertz CT molecular complexity index is 885. The van der Waals surface area contributed by atoms with Gasteiger partial charge in [-0.05, 0) is 23.8 Å². The average Bonchev–Trinajstić information content (AvgIpc) is 2.58. The Balaban J connectivity index is 2.05. The Hall–Kier alpha value is -2.40. The van der Waals surface area contributed by atoms with E-state index in [-0.39, 0.29) is 0 Å². The highest BCUT2D eigenvalue weighted by Crippen LogP contribution is 2.32. The Morgan fingerprint density at radius 1 is 1.00 bits per heavy atom. The number of alkyl halides is 3. The van der Waals surface area contributed by atoms with Gasteiger partial charge in [-0.1, -0.05) is 50.2 Å². The predicted octanol–water partition coefficient (Wildman–Crippen LogP) is 5.42. The van der Waals surface area contributed by atoms with Crippen molar-refractivity contribution < 1.29 is 13.2 Å². The van der Waals surface area contributed by atoms with Crippen molar-refractivity contribution in [1.82, 2.24) is 10.3 Å². The predicted molar refractivity (Wildman–Crippen MR) is 94.2 cm³/mol. The van der Waals surface area contributed by atoms with Crippen LogP contribution in [0.2, 0.25) is 0 Å². The summed E-state index contributed by atoms with van der Waals surface area (Å²) in [5, 5.41) is 4.32. The van der Waals surface area contributed by atoms with Gasteiger partial charge in [-0.3, -0.25) is 0 Å². The maximum atomic E-state index is 12.9. The number of hydrogen-bond donors (Lipinski definition) is 1. The molecule has 0 fully saturated rings. The molecule has 2 aromatic carbocycles. The lowest BCUT2D eigenvalue weighted by atomic mass is 10.0. The number of hydrogen-bond acceptors (Lipinski definition) is 2. The molecule has 130 valence electrons. The van der Waals surface area contributed by atoms with Gasteiger partial charge in [-0.15, -0.1) is 0 Å². The second-order valence-corrected chi connectivity index (χ2v) is 6.30. The Labute approximate surface area is 144 Å². The maximum Gasteiger partial charge on any atom is 0.416 e. The van der Waals surface area contributed by atoms with E-state index in [9.17, 15) is 13.2 Å². The summed E-state index contributed by atoms with van der Waals surface area (Å²) in [6.45, 7) is 4.79. The van der Waals surface area contributed by atoms with Crippen molar-refractivity contribution in [2.45, 2.75) is 32.6 Å². The smallest absolute Gasteiger partial charge is 0.310 e. The number of nitrogens with one attached hydrogen (secondary N) is 1. The number of para-hydroxylation sites is 1. The van der Waals surface area contributed by atoms with E-state index >= 15 is 0 Å². The molecule has 25 heavy (non-hydrogen) atoms. The van der Waals surface area contributed by atoms with Crippen molar-refractivity contribution in [2.24, 2.45) is 0 Å². The Morgan fingerprint density at radius 2 is 1.76 bits per heavy atom. The molecule has 2 nitrogen and oxygen atoms in total. The molecule has 0 bridgehead atoms. The standard InChI is InChI=1S/C20H19F3N2/c1-13(2)24-12-16-7-3-5-14-9-10-18(25-19(14)16)15-6-4-8-17(11-15)20(21,22)23/h3-11,13,24H,12H2,1-2H3. The lowest BCUT2D eigenvalue weighted by molar-refractivity contribution is -0.137. The molecule has 0 aliphatic heterocycles. The molecule has 1 aromatic heterocycles. The van der Waals surface area contributed by atoms with E-state index in [0.29, 0.717) is 23.8 Å². The minimum atomic E-state index is -4.36. The van der Waals surface area contributed by atoms with Crippen molar-refractivity contribution in [3.05, 3.63) is 65.7 Å². The van der Waals surface area contributed by atoms with Crippen molar-refractivity contribution in [2.75, 3.05) is 0 Å². The van der Waals surface area contributed by atoms with Gasteiger partial charge in [0, 0.05) is 23.5 Å². The molecule has 1 N–H and O–H groups in total. The first kappa shape index (κ1) is 17.4. The molecule has 0 atom stereocenters. The first-order chi connectivity index (χ1) is 11.8. The summed E-state index contributed by atoms with van der Waals surface area (Å²) in [4.78, 5) is 4.64. The zero-order valence-electron chi connectivity index (χ0n) is 14.1. The van der Waals surface area contributed by atoms with Crippen LogP contribution >= 0.6 is 0 Å². The number of fused-ring (bicyclic) bond motifs is 1. The summed E-state index contributed by atoms with van der Waals surface area (Å²) in [7, 11) is 0. The molecule has 5 heteroatoms. The second kappa shape index (κ2) is 6.84. The highest BCUT2D eigenvalue weighted by atomic mass is 19.4. The van der Waals surface area contributed by atoms with Crippen LogP contribution in [0.25, 0.3) is 22.2 Å². The van der Waals surface area contributed by atoms with Crippen molar-refractivity contribution in [1.29, 1.82) is 0 Å².